The molecule has 2 aliphatic rings. The van der Waals surface area contributed by atoms with E-state index in [1.54, 1.807) is 14.2 Å². The van der Waals surface area contributed by atoms with Gasteiger partial charge in [-0.3, -0.25) is 4.79 Å². The van der Waals surface area contributed by atoms with E-state index in [0.717, 1.165) is 67.6 Å². The molecule has 4 rings (SSSR count). The maximum Gasteiger partial charge on any atom is 0.303 e. The van der Waals surface area contributed by atoms with Crippen LogP contribution in [0.3, 0.4) is 0 Å². The third kappa shape index (κ3) is 16.2. The maximum absolute atomic E-state index is 12.0. The average Bonchev–Trinajstić information content (AvgIpc) is 3.29. The first-order valence-electron chi connectivity index (χ1n) is 24.0. The van der Waals surface area contributed by atoms with Crippen LogP contribution in [0.4, 0.5) is 0 Å². The van der Waals surface area contributed by atoms with Gasteiger partial charge in [-0.25, -0.2) is 0 Å². The van der Waals surface area contributed by atoms with Gasteiger partial charge in [0, 0.05) is 39.2 Å². The van der Waals surface area contributed by atoms with Crippen molar-refractivity contribution in [3.8, 4) is 11.5 Å². The summed E-state index contributed by atoms with van der Waals surface area (Å²) in [5.74, 6) is 1.43. The summed E-state index contributed by atoms with van der Waals surface area (Å²) >= 11 is 0. The third-order valence-electron chi connectivity index (χ3n) is 14.1. The van der Waals surface area contributed by atoms with Crippen LogP contribution < -0.4 is 9.47 Å². The van der Waals surface area contributed by atoms with Crippen LogP contribution in [0.15, 0.2) is 48.5 Å². The summed E-state index contributed by atoms with van der Waals surface area (Å²) in [6, 6.07) is 15.5. The number of ether oxygens (including phenoxy) is 9. The molecular formula is C52H84O12. The number of carbonyl (C=O) groups excluding carboxylic acids is 1. The molecule has 0 aliphatic carbocycles. The van der Waals surface area contributed by atoms with E-state index in [2.05, 4.69) is 34.6 Å². The molecule has 2 fully saturated rings. The van der Waals surface area contributed by atoms with Crippen molar-refractivity contribution in [3.63, 3.8) is 0 Å². The molecule has 14 atom stereocenters. The average molecular weight is 901 g/mol. The van der Waals surface area contributed by atoms with E-state index in [1.165, 1.54) is 14.0 Å². The topological polar surface area (TPSA) is 141 Å². The highest BCUT2D eigenvalue weighted by molar-refractivity contribution is 5.66. The van der Waals surface area contributed by atoms with Gasteiger partial charge >= 0.3 is 5.97 Å². The number of aliphatic hydroxyl groups excluding tert-OH is 2. The molecule has 0 amide bonds. The van der Waals surface area contributed by atoms with Crippen LogP contribution >= 0.6 is 0 Å². The second kappa shape index (κ2) is 26.5. The molecule has 2 saturated heterocycles. The zero-order chi connectivity index (χ0) is 47.0. The van der Waals surface area contributed by atoms with Crippen molar-refractivity contribution < 1.29 is 57.6 Å². The minimum Gasteiger partial charge on any atom is -0.497 e. The van der Waals surface area contributed by atoms with Crippen LogP contribution in [0.1, 0.15) is 131 Å². The highest BCUT2D eigenvalue weighted by atomic mass is 16.7. The van der Waals surface area contributed by atoms with Gasteiger partial charge < -0.3 is 52.8 Å². The minimum atomic E-state index is -1.02. The van der Waals surface area contributed by atoms with Crippen molar-refractivity contribution in [2.24, 2.45) is 35.5 Å². The Labute approximate surface area is 385 Å². The number of benzene rings is 2. The molecule has 0 aromatic heterocycles. The Bertz CT molecular complexity index is 1600. The Hall–Kier alpha value is -2.81. The van der Waals surface area contributed by atoms with Crippen molar-refractivity contribution >= 4 is 5.97 Å². The number of hydrogen-bond acceptors (Lipinski definition) is 12. The zero-order valence-electron chi connectivity index (χ0n) is 41.2. The molecule has 364 valence electrons. The van der Waals surface area contributed by atoms with E-state index in [9.17, 15) is 15.0 Å². The van der Waals surface area contributed by atoms with E-state index in [0.29, 0.717) is 30.8 Å². The summed E-state index contributed by atoms with van der Waals surface area (Å²) in [6.07, 6.45) is 3.73. The molecule has 1 unspecified atom stereocenters. The van der Waals surface area contributed by atoms with Crippen molar-refractivity contribution in [1.82, 2.24) is 0 Å². The van der Waals surface area contributed by atoms with Gasteiger partial charge in [0.2, 0.25) is 0 Å². The lowest BCUT2D eigenvalue weighted by Gasteiger charge is -2.51. The first kappa shape index (κ1) is 53.8. The van der Waals surface area contributed by atoms with E-state index in [1.807, 2.05) is 69.3 Å². The highest BCUT2D eigenvalue weighted by Crippen LogP contribution is 2.46. The number of methoxy groups -OCH3 is 3. The van der Waals surface area contributed by atoms with Crippen molar-refractivity contribution in [3.05, 3.63) is 59.7 Å². The van der Waals surface area contributed by atoms with Gasteiger partial charge in [0.15, 0.2) is 5.79 Å². The van der Waals surface area contributed by atoms with Crippen LogP contribution in [0.2, 0.25) is 0 Å². The summed E-state index contributed by atoms with van der Waals surface area (Å²) in [5, 5.41) is 23.4. The van der Waals surface area contributed by atoms with Crippen LogP contribution in [0.5, 0.6) is 11.5 Å². The quantitative estimate of drug-likeness (QED) is 0.0501. The molecule has 2 aliphatic heterocycles. The Balaban J connectivity index is 1.32. The van der Waals surface area contributed by atoms with Gasteiger partial charge in [-0.05, 0) is 110 Å². The van der Waals surface area contributed by atoms with Gasteiger partial charge in [0.1, 0.15) is 30.5 Å². The Morgan fingerprint density at radius 1 is 0.750 bits per heavy atom. The summed E-state index contributed by atoms with van der Waals surface area (Å²) in [6.45, 7) is 19.4. The van der Waals surface area contributed by atoms with Gasteiger partial charge in [0.05, 0.1) is 64.1 Å². The minimum absolute atomic E-state index is 0.00350. The second-order valence-electron chi connectivity index (χ2n) is 19.4. The molecule has 1 spiro atoms. The third-order valence-corrected chi connectivity index (χ3v) is 14.1. The Morgan fingerprint density at radius 2 is 1.34 bits per heavy atom. The molecule has 0 bridgehead atoms. The van der Waals surface area contributed by atoms with Gasteiger partial charge in [-0.1, -0.05) is 72.7 Å². The SMILES string of the molecule is COc1ccc(COCOC(C)[C@@H](C)CC[C@@H]2O[C@@]3(CC[C@H]2C)CC[C@H](C)[C@H]([C@H](C)CC[C@H](O)[C@H](C)[C@H](C[C@@H](O)[C@H](OC)[C@H](OC(C)=O)C(C)C)OCc2ccc(OC)cc2)O3)cc1. The number of rotatable bonds is 27. The predicted octanol–water partition coefficient (Wildman–Crippen LogP) is 9.68. The smallest absolute Gasteiger partial charge is 0.303 e. The molecule has 64 heavy (non-hydrogen) atoms. The van der Waals surface area contributed by atoms with E-state index in [-0.39, 0.29) is 55.9 Å². The van der Waals surface area contributed by atoms with Crippen molar-refractivity contribution in [2.45, 2.75) is 188 Å². The molecule has 2 N–H and O–H groups in total. The zero-order valence-corrected chi connectivity index (χ0v) is 41.2. The molecule has 0 radical (unpaired) electrons. The number of hydrogen-bond donors (Lipinski definition) is 2. The Kier molecular flexibility index (Phi) is 22.3. The van der Waals surface area contributed by atoms with E-state index < -0.39 is 42.3 Å². The van der Waals surface area contributed by atoms with E-state index in [4.69, 9.17) is 42.6 Å². The fraction of sp³-hybridized carbons (Fsp3) is 0.750. The summed E-state index contributed by atoms with van der Waals surface area (Å²) in [5.41, 5.74) is 2.02. The van der Waals surface area contributed by atoms with Gasteiger partial charge in [-0.2, -0.15) is 0 Å². The summed E-state index contributed by atoms with van der Waals surface area (Å²) < 4.78 is 54.4. The maximum atomic E-state index is 12.0. The molecule has 12 nitrogen and oxygen atoms in total. The molecule has 2 heterocycles. The molecule has 2 aromatic carbocycles. The number of carbonyl (C=O) groups is 1. The first-order chi connectivity index (χ1) is 30.5. The van der Waals surface area contributed by atoms with Crippen LogP contribution in [0.25, 0.3) is 0 Å². The normalized spacial score (nSPS) is 25.7. The van der Waals surface area contributed by atoms with Gasteiger partial charge in [-0.15, -0.1) is 0 Å². The largest absolute Gasteiger partial charge is 0.497 e. The van der Waals surface area contributed by atoms with Crippen LogP contribution in [0, 0.1) is 35.5 Å². The van der Waals surface area contributed by atoms with Crippen LogP contribution in [-0.2, 0) is 51.2 Å². The van der Waals surface area contributed by atoms with Crippen molar-refractivity contribution in [1.29, 1.82) is 0 Å². The lowest BCUT2D eigenvalue weighted by Crippen LogP contribution is -2.53. The van der Waals surface area contributed by atoms with Gasteiger partial charge in [0.25, 0.3) is 0 Å². The number of esters is 1. The fourth-order valence-corrected chi connectivity index (χ4v) is 9.40. The molecule has 0 saturated carbocycles. The number of aliphatic hydroxyl groups is 2. The molecule has 12 heteroatoms. The molecule has 2 aromatic rings. The lowest BCUT2D eigenvalue weighted by molar-refractivity contribution is -0.338. The molecular weight excluding hydrogens is 817 g/mol. The Morgan fingerprint density at radius 3 is 1.91 bits per heavy atom. The second-order valence-corrected chi connectivity index (χ2v) is 19.4. The van der Waals surface area contributed by atoms with Crippen LogP contribution in [-0.4, -0.2) is 98.9 Å². The fourth-order valence-electron chi connectivity index (χ4n) is 9.40. The summed E-state index contributed by atoms with van der Waals surface area (Å²) in [7, 11) is 4.80. The summed E-state index contributed by atoms with van der Waals surface area (Å²) in [4.78, 5) is 12.0. The van der Waals surface area contributed by atoms with E-state index >= 15 is 0 Å². The monoisotopic (exact) mass is 901 g/mol. The lowest BCUT2D eigenvalue weighted by atomic mass is 9.79. The van der Waals surface area contributed by atoms with Crippen molar-refractivity contribution in [2.75, 3.05) is 28.1 Å². The first-order valence-corrected chi connectivity index (χ1v) is 24.0. The highest BCUT2D eigenvalue weighted by Gasteiger charge is 2.48. The standard InChI is InChI=1S/C52H84O12/c1-33(2)49(62-40(9)53)51(58-12)46(55)29-48(60-31-42-17-21-44(57-11)22-18-42)38(7)45(54)23-13-36(5)50-37(6)26-28-52(64-50)27-25-35(4)47(63-52)24-14-34(3)39(8)61-32-59-30-41-15-19-43(56-10)20-16-41/h15-22,33-39,45-51,54-55H,13-14,23-32H2,1-12H3/t34-,35+,36+,37-,38-,39?,45-,46+,47-,48-,49+,50-,51-,52+/m0/s1. The predicted molar refractivity (Wildman–Crippen MR) is 248 cm³/mol.